The topological polar surface area (TPSA) is 43.2 Å². The average Bonchev–Trinajstić information content (AvgIpc) is 3.95. The fourth-order valence-corrected chi connectivity index (χ4v) is 10.4. The second-order valence-electron chi connectivity index (χ2n) is 18.1. The molecule has 1 aliphatic rings. The summed E-state index contributed by atoms with van der Waals surface area (Å²) in [5.74, 6) is 0. The zero-order chi connectivity index (χ0) is 39.2. The van der Waals surface area contributed by atoms with Gasteiger partial charge in [-0.25, -0.2) is 0 Å². The summed E-state index contributed by atoms with van der Waals surface area (Å²) in [6.45, 7) is 13.7. The van der Waals surface area contributed by atoms with Crippen LogP contribution in [0.25, 0.3) is 92.6 Å². The molecule has 0 amide bonds. The smallest absolute Gasteiger partial charge is 0.211 e. The standard InChI is InChI=1S/C52H40BN2O2S/c1-51(2,3)28-15-18-30(19-16-28)54-40-26-44-37(31-11-7-9-13-42(31)56-44)24-35(40)33-20-21-34-36-25-38-32-12-8-10-14-43(32)57-45(38)27-41(36)55-48(34)47(33)53-50-49(55)39-23-29(52(4,5)6)17-22-46(39)58-50/h7-27,54H,1-6H3. The SMILES string of the molecule is CC(C)(C)c1ccc(Nc2cc3oc4ccccc4c3cc2-c2ccc3c4cc5c(cc4n4c3c2[B]c2sc3ccc(C(C)(C)C)cc3c2-4)oc2ccccc25)cc1. The van der Waals surface area contributed by atoms with E-state index < -0.39 is 0 Å². The van der Waals surface area contributed by atoms with Gasteiger partial charge in [0.1, 0.15) is 22.3 Å². The molecule has 0 spiro atoms. The van der Waals surface area contributed by atoms with Gasteiger partial charge < -0.3 is 18.7 Å². The average molecular weight is 768 g/mol. The van der Waals surface area contributed by atoms with Crippen molar-refractivity contribution in [3.63, 3.8) is 0 Å². The monoisotopic (exact) mass is 767 g/mol. The Balaban J connectivity index is 1.16. The van der Waals surface area contributed by atoms with Crippen molar-refractivity contribution < 1.29 is 8.83 Å². The molecule has 7 aromatic carbocycles. The zero-order valence-corrected chi connectivity index (χ0v) is 34.2. The van der Waals surface area contributed by atoms with E-state index in [4.69, 9.17) is 8.83 Å². The summed E-state index contributed by atoms with van der Waals surface area (Å²) >= 11 is 1.88. The Hall–Kier alpha value is -6.24. The van der Waals surface area contributed by atoms with Crippen LogP contribution in [0.1, 0.15) is 52.7 Å². The summed E-state index contributed by atoms with van der Waals surface area (Å²) in [4.78, 5) is 0. The molecule has 12 rings (SSSR count). The van der Waals surface area contributed by atoms with Crippen molar-refractivity contribution in [3.05, 3.63) is 139 Å². The number of hydrogen-bond acceptors (Lipinski definition) is 4. The van der Waals surface area contributed by atoms with E-state index >= 15 is 0 Å². The van der Waals surface area contributed by atoms with Gasteiger partial charge in [0, 0.05) is 71.3 Å². The number of furan rings is 2. The molecule has 0 unspecified atom stereocenters. The lowest BCUT2D eigenvalue weighted by Gasteiger charge is -2.23. The molecule has 1 N–H and O–H groups in total. The Bertz CT molecular complexity index is 3530. The molecule has 58 heavy (non-hydrogen) atoms. The lowest BCUT2D eigenvalue weighted by molar-refractivity contribution is 0.590. The first-order chi connectivity index (χ1) is 28.0. The fourth-order valence-electron chi connectivity index (χ4n) is 9.30. The van der Waals surface area contributed by atoms with Gasteiger partial charge in [-0.2, -0.15) is 0 Å². The van der Waals surface area contributed by atoms with E-state index in [2.05, 4.69) is 174 Å². The highest BCUT2D eigenvalue weighted by molar-refractivity contribution is 7.29. The highest BCUT2D eigenvalue weighted by Gasteiger charge is 2.31. The van der Waals surface area contributed by atoms with E-state index in [9.17, 15) is 0 Å². The maximum Gasteiger partial charge on any atom is 0.211 e. The number of thiophene rings is 1. The molecule has 4 nitrogen and oxygen atoms in total. The fraction of sp³-hybridized carbons (Fsp3) is 0.154. The van der Waals surface area contributed by atoms with Crippen LogP contribution in [0.2, 0.25) is 0 Å². The van der Waals surface area contributed by atoms with Crippen molar-refractivity contribution in [2.75, 3.05) is 5.32 Å². The van der Waals surface area contributed by atoms with Crippen LogP contribution in [0.15, 0.2) is 136 Å². The Morgan fingerprint density at radius 2 is 1.19 bits per heavy atom. The first-order valence-corrected chi connectivity index (χ1v) is 21.0. The maximum atomic E-state index is 6.55. The van der Waals surface area contributed by atoms with Gasteiger partial charge >= 0.3 is 0 Å². The molecule has 11 aromatic rings. The summed E-state index contributed by atoms with van der Waals surface area (Å²) in [5.41, 5.74) is 15.5. The molecule has 4 aromatic heterocycles. The minimum atomic E-state index is 0.0212. The van der Waals surface area contributed by atoms with Crippen LogP contribution in [0.3, 0.4) is 0 Å². The molecule has 0 atom stereocenters. The van der Waals surface area contributed by atoms with E-state index in [1.54, 1.807) is 0 Å². The van der Waals surface area contributed by atoms with Gasteiger partial charge in [0.05, 0.1) is 16.9 Å². The van der Waals surface area contributed by atoms with Crippen LogP contribution in [0, 0.1) is 0 Å². The largest absolute Gasteiger partial charge is 0.456 e. The van der Waals surface area contributed by atoms with Crippen LogP contribution >= 0.6 is 11.3 Å². The van der Waals surface area contributed by atoms with Gasteiger partial charge in [0.25, 0.3) is 0 Å². The van der Waals surface area contributed by atoms with Crippen molar-refractivity contribution in [3.8, 4) is 16.8 Å². The van der Waals surface area contributed by atoms with Crippen molar-refractivity contribution in [2.45, 2.75) is 52.4 Å². The van der Waals surface area contributed by atoms with Crippen LogP contribution < -0.4 is 15.6 Å². The Morgan fingerprint density at radius 1 is 0.534 bits per heavy atom. The molecule has 1 radical (unpaired) electrons. The summed E-state index contributed by atoms with van der Waals surface area (Å²) in [6.07, 6.45) is 0. The minimum Gasteiger partial charge on any atom is -0.456 e. The number of para-hydroxylation sites is 2. The molecular formula is C52H40BN2O2S. The third-order valence-corrected chi connectivity index (χ3v) is 13.5. The third-order valence-electron chi connectivity index (χ3n) is 12.4. The van der Waals surface area contributed by atoms with Gasteiger partial charge in [-0.15, -0.1) is 11.3 Å². The molecule has 0 bridgehead atoms. The van der Waals surface area contributed by atoms with Crippen molar-refractivity contribution in [2.24, 2.45) is 0 Å². The Kier molecular flexibility index (Phi) is 6.82. The minimum absolute atomic E-state index is 0.0212. The van der Waals surface area contributed by atoms with E-state index in [1.807, 2.05) is 23.5 Å². The predicted molar refractivity (Wildman–Crippen MR) is 248 cm³/mol. The van der Waals surface area contributed by atoms with Crippen molar-refractivity contribution >= 4 is 116 Å². The number of benzene rings is 7. The number of nitrogens with one attached hydrogen (secondary N) is 1. The molecule has 279 valence electrons. The molecule has 0 fully saturated rings. The third kappa shape index (κ3) is 4.88. The van der Waals surface area contributed by atoms with Crippen LogP contribution in [0.4, 0.5) is 11.4 Å². The molecule has 1 aliphatic heterocycles. The summed E-state index contributed by atoms with van der Waals surface area (Å²) in [7, 11) is 2.45. The second kappa shape index (κ2) is 11.7. The van der Waals surface area contributed by atoms with Crippen LogP contribution in [-0.2, 0) is 10.8 Å². The molecule has 0 saturated heterocycles. The number of fused-ring (bicyclic) bond motifs is 13. The number of hydrogen-bond donors (Lipinski definition) is 1. The van der Waals surface area contributed by atoms with Gasteiger partial charge in [-0.05, 0) is 86.3 Å². The van der Waals surface area contributed by atoms with Crippen molar-refractivity contribution in [1.29, 1.82) is 0 Å². The van der Waals surface area contributed by atoms with Gasteiger partial charge in [-0.3, -0.25) is 0 Å². The lowest BCUT2D eigenvalue weighted by Crippen LogP contribution is -2.35. The number of nitrogens with zero attached hydrogens (tertiary/aromatic N) is 1. The zero-order valence-electron chi connectivity index (χ0n) is 33.4. The van der Waals surface area contributed by atoms with Crippen molar-refractivity contribution in [1.82, 2.24) is 4.57 Å². The Labute approximate surface area is 340 Å². The summed E-state index contributed by atoms with van der Waals surface area (Å²) < 4.78 is 18.1. The summed E-state index contributed by atoms with van der Waals surface area (Å²) in [5, 5.41) is 12.1. The van der Waals surface area contributed by atoms with Gasteiger partial charge in [0.2, 0.25) is 7.28 Å². The van der Waals surface area contributed by atoms with E-state index in [0.717, 1.165) is 66.3 Å². The number of aromatic nitrogens is 1. The second-order valence-corrected chi connectivity index (χ2v) is 19.2. The summed E-state index contributed by atoms with van der Waals surface area (Å²) in [6, 6.07) is 46.5. The van der Waals surface area contributed by atoms with E-state index in [0.29, 0.717) is 0 Å². The molecule has 0 saturated carbocycles. The first kappa shape index (κ1) is 33.9. The normalized spacial score (nSPS) is 13.1. The molecular weight excluding hydrogens is 727 g/mol. The highest BCUT2D eigenvalue weighted by Crippen LogP contribution is 2.45. The predicted octanol–water partition coefficient (Wildman–Crippen LogP) is 13.8. The lowest BCUT2D eigenvalue weighted by atomic mass is 9.63. The van der Waals surface area contributed by atoms with Gasteiger partial charge in [0.15, 0.2) is 0 Å². The van der Waals surface area contributed by atoms with E-state index in [1.165, 1.54) is 59.0 Å². The quantitative estimate of drug-likeness (QED) is 0.182. The Morgan fingerprint density at radius 3 is 1.90 bits per heavy atom. The molecule has 0 aliphatic carbocycles. The molecule has 5 heterocycles. The highest BCUT2D eigenvalue weighted by atomic mass is 32.1. The van der Waals surface area contributed by atoms with Crippen LogP contribution in [0.5, 0.6) is 0 Å². The van der Waals surface area contributed by atoms with Crippen LogP contribution in [-0.4, -0.2) is 11.8 Å². The number of rotatable bonds is 3. The number of anilines is 2. The maximum absolute atomic E-state index is 6.55. The van der Waals surface area contributed by atoms with Gasteiger partial charge in [-0.1, -0.05) is 108 Å². The first-order valence-electron chi connectivity index (χ1n) is 20.2. The van der Waals surface area contributed by atoms with E-state index in [-0.39, 0.29) is 10.8 Å². The molecule has 6 heteroatoms.